The maximum atomic E-state index is 10.9. The van der Waals surface area contributed by atoms with Crippen LogP contribution in [0.4, 0.5) is 0 Å². The first-order valence-corrected chi connectivity index (χ1v) is 5.05. The SMILES string of the molecule is Cc1cc(Cn2ccc(=O)cc2)oc1C(=O)O. The number of carboxylic acids is 1. The monoisotopic (exact) mass is 233 g/mol. The van der Waals surface area contributed by atoms with E-state index in [-0.39, 0.29) is 11.2 Å². The average molecular weight is 233 g/mol. The molecule has 5 nitrogen and oxygen atoms in total. The highest BCUT2D eigenvalue weighted by atomic mass is 16.4. The molecule has 0 radical (unpaired) electrons. The van der Waals surface area contributed by atoms with Gasteiger partial charge in [0.1, 0.15) is 5.76 Å². The Morgan fingerprint density at radius 3 is 2.59 bits per heavy atom. The van der Waals surface area contributed by atoms with E-state index < -0.39 is 5.97 Å². The van der Waals surface area contributed by atoms with Crippen LogP contribution in [-0.4, -0.2) is 15.6 Å². The fourth-order valence-corrected chi connectivity index (χ4v) is 1.57. The van der Waals surface area contributed by atoms with Crippen LogP contribution in [0.3, 0.4) is 0 Å². The molecule has 0 aliphatic rings. The lowest BCUT2D eigenvalue weighted by Crippen LogP contribution is -2.04. The molecule has 0 saturated carbocycles. The Kier molecular flexibility index (Phi) is 2.82. The van der Waals surface area contributed by atoms with Crippen LogP contribution in [0.15, 0.2) is 39.8 Å². The zero-order chi connectivity index (χ0) is 12.4. The zero-order valence-electron chi connectivity index (χ0n) is 9.21. The third-order valence-electron chi connectivity index (χ3n) is 2.36. The highest BCUT2D eigenvalue weighted by Gasteiger charge is 2.13. The molecule has 2 rings (SSSR count). The van der Waals surface area contributed by atoms with Gasteiger partial charge in [0.05, 0.1) is 6.54 Å². The van der Waals surface area contributed by atoms with Gasteiger partial charge in [0, 0.05) is 30.1 Å². The minimum absolute atomic E-state index is 0.0407. The molecule has 2 aromatic rings. The molecule has 88 valence electrons. The standard InChI is InChI=1S/C12H11NO4/c1-8-6-10(17-11(8)12(15)16)7-13-4-2-9(14)3-5-13/h2-6H,7H2,1H3,(H,15,16). The van der Waals surface area contributed by atoms with Gasteiger partial charge in [-0.15, -0.1) is 0 Å². The Morgan fingerprint density at radius 1 is 1.41 bits per heavy atom. The first kappa shape index (κ1) is 11.2. The number of carboxylic acid groups (broad SMARTS) is 1. The van der Waals surface area contributed by atoms with Crippen molar-refractivity contribution in [1.82, 2.24) is 4.57 Å². The van der Waals surface area contributed by atoms with E-state index in [1.165, 1.54) is 12.1 Å². The quantitative estimate of drug-likeness (QED) is 0.871. The molecule has 0 amide bonds. The van der Waals surface area contributed by atoms with E-state index in [2.05, 4.69) is 0 Å². The molecule has 5 heteroatoms. The van der Waals surface area contributed by atoms with Gasteiger partial charge >= 0.3 is 5.97 Å². The number of aryl methyl sites for hydroxylation is 1. The van der Waals surface area contributed by atoms with Crippen LogP contribution in [0.2, 0.25) is 0 Å². The lowest BCUT2D eigenvalue weighted by Gasteiger charge is -2.01. The highest BCUT2D eigenvalue weighted by molar-refractivity contribution is 5.86. The van der Waals surface area contributed by atoms with Crippen LogP contribution in [0.5, 0.6) is 0 Å². The third kappa shape index (κ3) is 2.44. The van der Waals surface area contributed by atoms with Gasteiger partial charge < -0.3 is 14.1 Å². The van der Waals surface area contributed by atoms with Crippen molar-refractivity contribution in [3.05, 3.63) is 57.9 Å². The number of carbonyl (C=O) groups is 1. The molecular weight excluding hydrogens is 222 g/mol. The minimum Gasteiger partial charge on any atom is -0.475 e. The van der Waals surface area contributed by atoms with E-state index in [0.717, 1.165) is 0 Å². The van der Waals surface area contributed by atoms with Gasteiger partial charge in [-0.2, -0.15) is 0 Å². The van der Waals surface area contributed by atoms with Gasteiger partial charge in [-0.1, -0.05) is 0 Å². The molecule has 0 atom stereocenters. The largest absolute Gasteiger partial charge is 0.475 e. The van der Waals surface area contributed by atoms with Crippen molar-refractivity contribution in [3.8, 4) is 0 Å². The summed E-state index contributed by atoms with van der Waals surface area (Å²) in [5.74, 6) is -0.571. The van der Waals surface area contributed by atoms with Crippen molar-refractivity contribution in [2.75, 3.05) is 0 Å². The molecule has 2 heterocycles. The van der Waals surface area contributed by atoms with Crippen LogP contribution < -0.4 is 5.43 Å². The van der Waals surface area contributed by atoms with Crippen LogP contribution in [0, 0.1) is 6.92 Å². The Labute approximate surface area is 96.9 Å². The van der Waals surface area contributed by atoms with Gasteiger partial charge in [-0.3, -0.25) is 4.79 Å². The molecule has 1 N–H and O–H groups in total. The second kappa shape index (κ2) is 4.29. The number of furan rings is 1. The maximum absolute atomic E-state index is 10.9. The number of hydrogen-bond acceptors (Lipinski definition) is 3. The van der Waals surface area contributed by atoms with Gasteiger partial charge in [0.25, 0.3) is 0 Å². The summed E-state index contributed by atoms with van der Waals surface area (Å²) in [5, 5.41) is 8.84. The Morgan fingerprint density at radius 2 is 2.06 bits per heavy atom. The van der Waals surface area contributed by atoms with E-state index in [4.69, 9.17) is 9.52 Å². The number of pyridine rings is 1. The van der Waals surface area contributed by atoms with E-state index in [0.29, 0.717) is 17.9 Å². The third-order valence-corrected chi connectivity index (χ3v) is 2.36. The van der Waals surface area contributed by atoms with Crippen molar-refractivity contribution < 1.29 is 14.3 Å². The van der Waals surface area contributed by atoms with Crippen LogP contribution >= 0.6 is 0 Å². The molecule has 0 aliphatic heterocycles. The van der Waals surface area contributed by atoms with E-state index >= 15 is 0 Å². The van der Waals surface area contributed by atoms with Gasteiger partial charge in [0.15, 0.2) is 5.43 Å². The van der Waals surface area contributed by atoms with Gasteiger partial charge in [-0.05, 0) is 13.0 Å². The summed E-state index contributed by atoms with van der Waals surface area (Å²) in [6, 6.07) is 4.56. The summed E-state index contributed by atoms with van der Waals surface area (Å²) in [7, 11) is 0. The second-order valence-electron chi connectivity index (χ2n) is 3.74. The van der Waals surface area contributed by atoms with E-state index in [1.807, 2.05) is 0 Å². The lowest BCUT2D eigenvalue weighted by atomic mass is 10.2. The Hall–Kier alpha value is -2.30. The van der Waals surface area contributed by atoms with E-state index in [1.54, 1.807) is 30.0 Å². The zero-order valence-corrected chi connectivity index (χ0v) is 9.21. The topological polar surface area (TPSA) is 72.4 Å². The fourth-order valence-electron chi connectivity index (χ4n) is 1.57. The normalized spacial score (nSPS) is 10.4. The van der Waals surface area contributed by atoms with Crippen molar-refractivity contribution in [1.29, 1.82) is 0 Å². The van der Waals surface area contributed by atoms with Crippen molar-refractivity contribution in [2.24, 2.45) is 0 Å². The molecule has 0 saturated heterocycles. The van der Waals surface area contributed by atoms with Crippen LogP contribution in [0.1, 0.15) is 21.9 Å². The lowest BCUT2D eigenvalue weighted by molar-refractivity contribution is 0.0659. The minimum atomic E-state index is -1.08. The number of nitrogens with zero attached hydrogens (tertiary/aromatic N) is 1. The predicted octanol–water partition coefficient (Wildman–Crippen LogP) is 1.50. The molecule has 0 bridgehead atoms. The summed E-state index contributed by atoms with van der Waals surface area (Å²) in [5.41, 5.74) is 0.525. The summed E-state index contributed by atoms with van der Waals surface area (Å²) >= 11 is 0. The molecule has 0 fully saturated rings. The molecule has 0 spiro atoms. The second-order valence-corrected chi connectivity index (χ2v) is 3.74. The molecule has 0 unspecified atom stereocenters. The van der Waals surface area contributed by atoms with Crippen molar-refractivity contribution in [2.45, 2.75) is 13.5 Å². The predicted molar refractivity (Wildman–Crippen MR) is 60.2 cm³/mol. The van der Waals surface area contributed by atoms with Crippen LogP contribution in [0.25, 0.3) is 0 Å². The first-order chi connectivity index (χ1) is 8.06. The number of hydrogen-bond donors (Lipinski definition) is 1. The maximum Gasteiger partial charge on any atom is 0.372 e. The summed E-state index contributed by atoms with van der Waals surface area (Å²) in [4.78, 5) is 21.7. The fraction of sp³-hybridized carbons (Fsp3) is 0.167. The molecule has 2 aromatic heterocycles. The number of rotatable bonds is 3. The number of aromatic nitrogens is 1. The smallest absolute Gasteiger partial charge is 0.372 e. The van der Waals surface area contributed by atoms with Crippen molar-refractivity contribution >= 4 is 5.97 Å². The molecular formula is C12H11NO4. The molecule has 17 heavy (non-hydrogen) atoms. The van der Waals surface area contributed by atoms with Crippen LogP contribution in [-0.2, 0) is 6.54 Å². The Balaban J connectivity index is 2.24. The molecule has 0 aliphatic carbocycles. The van der Waals surface area contributed by atoms with Gasteiger partial charge in [-0.25, -0.2) is 4.79 Å². The average Bonchev–Trinajstić information content (AvgIpc) is 2.63. The summed E-state index contributed by atoms with van der Waals surface area (Å²) < 4.78 is 6.95. The summed E-state index contributed by atoms with van der Waals surface area (Å²) in [6.07, 6.45) is 3.25. The molecule has 0 aromatic carbocycles. The van der Waals surface area contributed by atoms with Gasteiger partial charge in [0.2, 0.25) is 5.76 Å². The highest BCUT2D eigenvalue weighted by Crippen LogP contribution is 2.15. The Bertz CT molecular complexity index is 589. The summed E-state index contributed by atoms with van der Waals surface area (Å²) in [6.45, 7) is 2.08. The van der Waals surface area contributed by atoms with E-state index in [9.17, 15) is 9.59 Å². The van der Waals surface area contributed by atoms with Crippen molar-refractivity contribution in [3.63, 3.8) is 0 Å². The number of aromatic carboxylic acids is 1. The first-order valence-electron chi connectivity index (χ1n) is 5.05.